The molecule has 0 spiro atoms. The zero-order chi connectivity index (χ0) is 21.2. The van der Waals surface area contributed by atoms with E-state index >= 15 is 0 Å². The van der Waals surface area contributed by atoms with Crippen molar-refractivity contribution >= 4 is 11.7 Å². The van der Waals surface area contributed by atoms with Crippen LogP contribution in [0.5, 0.6) is 0 Å². The summed E-state index contributed by atoms with van der Waals surface area (Å²) in [5.74, 6) is 0.398. The number of pyridine rings is 1. The molecule has 0 aliphatic rings. The molecule has 29 heavy (non-hydrogen) atoms. The number of nitrogens with one attached hydrogen (secondary N) is 1. The Kier molecular flexibility index (Phi) is 5.67. The lowest BCUT2D eigenvalue weighted by Gasteiger charge is -2.12. The Morgan fingerprint density at radius 3 is 2.45 bits per heavy atom. The highest BCUT2D eigenvalue weighted by molar-refractivity contribution is 6.05. The minimum atomic E-state index is -4.47. The van der Waals surface area contributed by atoms with Crippen molar-refractivity contribution in [2.75, 3.05) is 5.32 Å². The van der Waals surface area contributed by atoms with E-state index < -0.39 is 17.6 Å². The maximum atomic E-state index is 12.7. The first-order valence-corrected chi connectivity index (χ1v) is 8.99. The lowest BCUT2D eigenvalue weighted by molar-refractivity contribution is -0.137. The highest BCUT2D eigenvalue weighted by Gasteiger charge is 2.30. The SMILES string of the molecule is CCCc1nc(-c2c(C)cc(C)nc2NC(=O)c2ccc(C(F)(F)F)cc2)no1. The number of anilines is 1. The third-order valence-corrected chi connectivity index (χ3v) is 4.21. The summed E-state index contributed by atoms with van der Waals surface area (Å²) in [6.07, 6.45) is -3.00. The number of aromatic nitrogens is 3. The van der Waals surface area contributed by atoms with Crippen molar-refractivity contribution < 1.29 is 22.5 Å². The number of carbonyl (C=O) groups excluding carboxylic acids is 1. The molecule has 1 amide bonds. The van der Waals surface area contributed by atoms with Crippen LogP contribution in [0.25, 0.3) is 11.4 Å². The van der Waals surface area contributed by atoms with Gasteiger partial charge in [0.2, 0.25) is 11.7 Å². The van der Waals surface area contributed by atoms with Crippen molar-refractivity contribution in [3.05, 3.63) is 58.6 Å². The summed E-state index contributed by atoms with van der Waals surface area (Å²) < 4.78 is 43.4. The fourth-order valence-corrected chi connectivity index (χ4v) is 2.87. The molecule has 0 atom stereocenters. The van der Waals surface area contributed by atoms with Crippen LogP contribution < -0.4 is 5.32 Å². The van der Waals surface area contributed by atoms with Gasteiger partial charge in [0.15, 0.2) is 0 Å². The molecule has 2 aromatic heterocycles. The van der Waals surface area contributed by atoms with Gasteiger partial charge in [-0.15, -0.1) is 0 Å². The molecular formula is C20H19F3N4O2. The predicted molar refractivity (Wildman–Crippen MR) is 100 cm³/mol. The van der Waals surface area contributed by atoms with Crippen LogP contribution >= 0.6 is 0 Å². The van der Waals surface area contributed by atoms with Gasteiger partial charge in [0, 0.05) is 17.7 Å². The summed E-state index contributed by atoms with van der Waals surface area (Å²) in [6.45, 7) is 5.58. The molecule has 0 aliphatic carbocycles. The summed E-state index contributed by atoms with van der Waals surface area (Å²) in [6, 6.07) is 5.78. The van der Waals surface area contributed by atoms with Crippen molar-refractivity contribution in [3.63, 3.8) is 0 Å². The molecule has 152 valence electrons. The maximum Gasteiger partial charge on any atom is 0.416 e. The molecule has 0 saturated heterocycles. The largest absolute Gasteiger partial charge is 0.416 e. The number of hydrogen-bond acceptors (Lipinski definition) is 5. The molecular weight excluding hydrogens is 385 g/mol. The monoisotopic (exact) mass is 404 g/mol. The molecule has 0 aliphatic heterocycles. The number of amides is 1. The number of rotatable bonds is 5. The van der Waals surface area contributed by atoms with Gasteiger partial charge in [0.1, 0.15) is 5.82 Å². The van der Waals surface area contributed by atoms with Crippen molar-refractivity contribution in [1.29, 1.82) is 0 Å². The molecule has 9 heteroatoms. The van der Waals surface area contributed by atoms with Crippen LogP contribution in [0.1, 0.15) is 46.4 Å². The van der Waals surface area contributed by atoms with Crippen molar-refractivity contribution in [1.82, 2.24) is 15.1 Å². The summed E-state index contributed by atoms with van der Waals surface area (Å²) in [7, 11) is 0. The first-order valence-electron chi connectivity index (χ1n) is 8.99. The van der Waals surface area contributed by atoms with Crippen molar-refractivity contribution in [2.24, 2.45) is 0 Å². The molecule has 1 aromatic carbocycles. The number of benzene rings is 1. The first-order chi connectivity index (χ1) is 13.7. The van der Waals surface area contributed by atoms with E-state index in [9.17, 15) is 18.0 Å². The lowest BCUT2D eigenvalue weighted by atomic mass is 10.1. The van der Waals surface area contributed by atoms with E-state index in [1.165, 1.54) is 0 Å². The van der Waals surface area contributed by atoms with Crippen LogP contribution in [0.15, 0.2) is 34.9 Å². The molecule has 1 N–H and O–H groups in total. The number of alkyl halides is 3. The second kappa shape index (κ2) is 8.02. The van der Waals surface area contributed by atoms with Gasteiger partial charge in [0.05, 0.1) is 11.1 Å². The van der Waals surface area contributed by atoms with Crippen molar-refractivity contribution in [2.45, 2.75) is 39.8 Å². The lowest BCUT2D eigenvalue weighted by Crippen LogP contribution is -2.15. The van der Waals surface area contributed by atoms with Gasteiger partial charge < -0.3 is 9.84 Å². The van der Waals surface area contributed by atoms with E-state index in [1.54, 1.807) is 6.92 Å². The van der Waals surface area contributed by atoms with Crippen molar-refractivity contribution in [3.8, 4) is 11.4 Å². The second-order valence-electron chi connectivity index (χ2n) is 6.60. The second-order valence-corrected chi connectivity index (χ2v) is 6.60. The highest BCUT2D eigenvalue weighted by Crippen LogP contribution is 2.31. The van der Waals surface area contributed by atoms with Gasteiger partial charge in [-0.3, -0.25) is 4.79 Å². The average Bonchev–Trinajstić information content (AvgIpc) is 3.09. The number of aryl methyl sites for hydroxylation is 3. The number of carbonyl (C=O) groups is 1. The Hall–Kier alpha value is -3.23. The summed E-state index contributed by atoms with van der Waals surface area (Å²) >= 11 is 0. The van der Waals surface area contributed by atoms with E-state index in [2.05, 4.69) is 20.4 Å². The Morgan fingerprint density at radius 2 is 1.83 bits per heavy atom. The van der Waals surface area contributed by atoms with E-state index in [1.807, 2.05) is 19.9 Å². The molecule has 0 unspecified atom stereocenters. The molecule has 3 rings (SSSR count). The zero-order valence-corrected chi connectivity index (χ0v) is 16.1. The Bertz CT molecular complexity index is 1030. The Morgan fingerprint density at radius 1 is 1.14 bits per heavy atom. The van der Waals surface area contributed by atoms with Crippen LogP contribution in [0, 0.1) is 13.8 Å². The fourth-order valence-electron chi connectivity index (χ4n) is 2.87. The van der Waals surface area contributed by atoms with Crippen LogP contribution in [0.2, 0.25) is 0 Å². The molecule has 0 bridgehead atoms. The van der Waals surface area contributed by atoms with Gasteiger partial charge in [-0.2, -0.15) is 18.2 Å². The van der Waals surface area contributed by atoms with Gasteiger partial charge in [-0.25, -0.2) is 4.98 Å². The van der Waals surface area contributed by atoms with Crippen LogP contribution in [-0.2, 0) is 12.6 Å². The first kappa shape index (κ1) is 20.5. The third-order valence-electron chi connectivity index (χ3n) is 4.21. The van der Waals surface area contributed by atoms with Crippen LogP contribution in [-0.4, -0.2) is 21.0 Å². The van der Waals surface area contributed by atoms with Gasteiger partial charge in [0.25, 0.3) is 5.91 Å². The van der Waals surface area contributed by atoms with E-state index in [4.69, 9.17) is 4.52 Å². The molecule has 6 nitrogen and oxygen atoms in total. The van der Waals surface area contributed by atoms with E-state index in [-0.39, 0.29) is 11.4 Å². The molecule has 0 radical (unpaired) electrons. The van der Waals surface area contributed by atoms with E-state index in [0.29, 0.717) is 29.4 Å². The van der Waals surface area contributed by atoms with Gasteiger partial charge in [-0.1, -0.05) is 12.1 Å². The van der Waals surface area contributed by atoms with Crippen LogP contribution in [0.3, 0.4) is 0 Å². The molecule has 0 fully saturated rings. The minimum Gasteiger partial charge on any atom is -0.339 e. The number of halogens is 3. The van der Waals surface area contributed by atoms with Gasteiger partial charge in [-0.05, 0) is 56.2 Å². The minimum absolute atomic E-state index is 0.0738. The average molecular weight is 404 g/mol. The smallest absolute Gasteiger partial charge is 0.339 e. The zero-order valence-electron chi connectivity index (χ0n) is 16.1. The van der Waals surface area contributed by atoms with E-state index in [0.717, 1.165) is 36.2 Å². The summed E-state index contributed by atoms with van der Waals surface area (Å²) in [5, 5.41) is 6.63. The third kappa shape index (κ3) is 4.61. The number of nitrogens with zero attached hydrogens (tertiary/aromatic N) is 3. The fraction of sp³-hybridized carbons (Fsp3) is 0.300. The summed E-state index contributed by atoms with van der Waals surface area (Å²) in [5.41, 5.74) is 1.19. The number of hydrogen-bond donors (Lipinski definition) is 1. The highest BCUT2D eigenvalue weighted by atomic mass is 19.4. The molecule has 2 heterocycles. The van der Waals surface area contributed by atoms with Crippen LogP contribution in [0.4, 0.5) is 19.0 Å². The Labute approximate surface area is 165 Å². The maximum absolute atomic E-state index is 12.7. The topological polar surface area (TPSA) is 80.9 Å². The standard InChI is InChI=1S/C20H19F3N4O2/c1-4-5-15-25-18(27-29-15)16-11(2)10-12(3)24-17(16)26-19(28)13-6-8-14(9-7-13)20(21,22)23/h6-10H,4-5H2,1-3H3,(H,24,26,28). The van der Waals surface area contributed by atoms with Gasteiger partial charge >= 0.3 is 6.18 Å². The summed E-state index contributed by atoms with van der Waals surface area (Å²) in [4.78, 5) is 21.3. The Balaban J connectivity index is 1.93. The molecule has 0 saturated carbocycles. The normalized spacial score (nSPS) is 11.5. The molecule has 3 aromatic rings. The quantitative estimate of drug-likeness (QED) is 0.649. The predicted octanol–water partition coefficient (Wildman–Crippen LogP) is 4.97.